The quantitative estimate of drug-likeness (QED) is 0.839. The monoisotopic (exact) mass is 239 g/mol. The number of rotatable bonds is 5. The lowest BCUT2D eigenvalue weighted by atomic mass is 10.1. The summed E-state index contributed by atoms with van der Waals surface area (Å²) < 4.78 is 5.08. The van der Waals surface area contributed by atoms with Gasteiger partial charge in [-0.1, -0.05) is 12.1 Å². The van der Waals surface area contributed by atoms with E-state index in [0.717, 1.165) is 23.4 Å². The van der Waals surface area contributed by atoms with Crippen molar-refractivity contribution in [2.24, 2.45) is 11.7 Å². The summed E-state index contributed by atoms with van der Waals surface area (Å²) in [4.78, 5) is 13.7. The fourth-order valence-electron chi connectivity index (χ4n) is 1.80. The first-order chi connectivity index (χ1) is 8.01. The van der Waals surface area contributed by atoms with Crippen LogP contribution < -0.4 is 5.73 Å². The Labute approximate surface area is 102 Å². The molecule has 1 heterocycles. The average Bonchev–Trinajstić information content (AvgIpc) is 2.62. The van der Waals surface area contributed by atoms with Crippen LogP contribution in [-0.2, 0) is 11.3 Å². The van der Waals surface area contributed by atoms with Crippen LogP contribution in [0.25, 0.3) is 0 Å². The van der Waals surface area contributed by atoms with Crippen LogP contribution >= 0.6 is 0 Å². The molecule has 5 heteroatoms. The number of nitrogens with two attached hydrogens (primary N) is 1. The van der Waals surface area contributed by atoms with Crippen molar-refractivity contribution in [1.29, 1.82) is 0 Å². The lowest BCUT2D eigenvalue weighted by Crippen LogP contribution is -2.36. The molecular formula is C12H21N3O2. The highest BCUT2D eigenvalue weighted by molar-refractivity contribution is 5.78. The van der Waals surface area contributed by atoms with Crippen LogP contribution in [0.15, 0.2) is 4.52 Å². The number of hydrogen-bond donors (Lipinski definition) is 1. The van der Waals surface area contributed by atoms with Gasteiger partial charge in [-0.25, -0.2) is 0 Å². The fraction of sp³-hybridized carbons (Fsp3) is 0.667. The van der Waals surface area contributed by atoms with E-state index in [9.17, 15) is 4.79 Å². The number of amides is 1. The predicted octanol–water partition coefficient (Wildman–Crippen LogP) is 1.23. The molecule has 5 nitrogen and oxygen atoms in total. The zero-order valence-electron chi connectivity index (χ0n) is 11.0. The molecular weight excluding hydrogens is 218 g/mol. The van der Waals surface area contributed by atoms with Crippen LogP contribution in [0.1, 0.15) is 30.4 Å². The third-order valence-electron chi connectivity index (χ3n) is 3.08. The summed E-state index contributed by atoms with van der Waals surface area (Å²) in [5.74, 6) is 0.749. The minimum atomic E-state index is -0.0968. The van der Waals surface area contributed by atoms with Gasteiger partial charge in [0.1, 0.15) is 5.76 Å². The molecule has 0 radical (unpaired) electrons. The largest absolute Gasteiger partial charge is 0.361 e. The van der Waals surface area contributed by atoms with E-state index >= 15 is 0 Å². The summed E-state index contributed by atoms with van der Waals surface area (Å²) in [6.07, 6.45) is 0.765. The van der Waals surface area contributed by atoms with E-state index < -0.39 is 0 Å². The Morgan fingerprint density at radius 1 is 1.53 bits per heavy atom. The standard InChI is InChI=1S/C12H21N3O2/c1-5-10(6-13)12(16)15(4)7-11-8(2)14-17-9(11)3/h10H,5-7,13H2,1-4H3. The molecule has 17 heavy (non-hydrogen) atoms. The van der Waals surface area contributed by atoms with Gasteiger partial charge in [0.25, 0.3) is 0 Å². The highest BCUT2D eigenvalue weighted by atomic mass is 16.5. The Hall–Kier alpha value is -1.36. The lowest BCUT2D eigenvalue weighted by molar-refractivity contribution is -0.134. The number of aryl methyl sites for hydroxylation is 2. The van der Waals surface area contributed by atoms with Gasteiger partial charge in [-0.15, -0.1) is 0 Å². The molecule has 1 aromatic heterocycles. The Kier molecular flexibility index (Phi) is 4.69. The topological polar surface area (TPSA) is 72.4 Å². The van der Waals surface area contributed by atoms with Crippen molar-refractivity contribution in [3.05, 3.63) is 17.0 Å². The maximum absolute atomic E-state index is 12.0. The number of hydrogen-bond acceptors (Lipinski definition) is 4. The molecule has 1 rings (SSSR count). The molecule has 1 aromatic rings. The highest BCUT2D eigenvalue weighted by Gasteiger charge is 2.21. The third kappa shape index (κ3) is 3.06. The van der Waals surface area contributed by atoms with Crippen LogP contribution in [0.2, 0.25) is 0 Å². The molecule has 0 aliphatic heterocycles. The fourth-order valence-corrected chi connectivity index (χ4v) is 1.80. The smallest absolute Gasteiger partial charge is 0.226 e. The van der Waals surface area contributed by atoms with Crippen LogP contribution in [0, 0.1) is 19.8 Å². The Morgan fingerprint density at radius 2 is 2.18 bits per heavy atom. The molecule has 0 saturated heterocycles. The molecule has 0 aliphatic carbocycles. The summed E-state index contributed by atoms with van der Waals surface area (Å²) in [6, 6.07) is 0. The van der Waals surface area contributed by atoms with E-state index in [2.05, 4.69) is 5.16 Å². The minimum absolute atomic E-state index is 0.0787. The Bertz CT molecular complexity index is 364. The second-order valence-electron chi connectivity index (χ2n) is 4.34. The van der Waals surface area contributed by atoms with Gasteiger partial charge in [0.15, 0.2) is 0 Å². The Balaban J connectivity index is 2.72. The van der Waals surface area contributed by atoms with Gasteiger partial charge in [-0.05, 0) is 20.3 Å². The summed E-state index contributed by atoms with van der Waals surface area (Å²) in [6.45, 7) is 6.62. The molecule has 1 amide bonds. The van der Waals surface area contributed by atoms with Crippen molar-refractivity contribution in [3.63, 3.8) is 0 Å². The zero-order chi connectivity index (χ0) is 13.0. The van der Waals surface area contributed by atoms with Crippen LogP contribution in [0.4, 0.5) is 0 Å². The molecule has 0 fully saturated rings. The molecule has 0 spiro atoms. The van der Waals surface area contributed by atoms with Crippen molar-refractivity contribution in [2.75, 3.05) is 13.6 Å². The number of nitrogens with zero attached hydrogens (tertiary/aromatic N) is 2. The average molecular weight is 239 g/mol. The van der Waals surface area contributed by atoms with Crippen molar-refractivity contribution < 1.29 is 9.32 Å². The molecule has 2 N–H and O–H groups in total. The molecule has 1 atom stereocenters. The Morgan fingerprint density at radius 3 is 2.59 bits per heavy atom. The van der Waals surface area contributed by atoms with Crippen LogP contribution in [-0.4, -0.2) is 29.6 Å². The molecule has 0 saturated carbocycles. The van der Waals surface area contributed by atoms with Gasteiger partial charge in [0, 0.05) is 19.2 Å². The third-order valence-corrected chi connectivity index (χ3v) is 3.08. The van der Waals surface area contributed by atoms with Crippen molar-refractivity contribution in [1.82, 2.24) is 10.1 Å². The zero-order valence-corrected chi connectivity index (χ0v) is 11.0. The second-order valence-corrected chi connectivity index (χ2v) is 4.34. The van der Waals surface area contributed by atoms with E-state index in [1.807, 2.05) is 20.8 Å². The summed E-state index contributed by atoms with van der Waals surface area (Å²) in [5, 5.41) is 3.88. The van der Waals surface area contributed by atoms with E-state index in [4.69, 9.17) is 10.3 Å². The number of carbonyl (C=O) groups is 1. The van der Waals surface area contributed by atoms with Gasteiger partial charge < -0.3 is 15.2 Å². The molecule has 0 aromatic carbocycles. The van der Waals surface area contributed by atoms with E-state index in [0.29, 0.717) is 13.1 Å². The van der Waals surface area contributed by atoms with E-state index in [1.165, 1.54) is 0 Å². The normalized spacial score (nSPS) is 12.5. The van der Waals surface area contributed by atoms with Gasteiger partial charge >= 0.3 is 0 Å². The summed E-state index contributed by atoms with van der Waals surface area (Å²) in [7, 11) is 1.78. The second kappa shape index (κ2) is 5.82. The summed E-state index contributed by atoms with van der Waals surface area (Å²) in [5.41, 5.74) is 7.39. The number of carbonyl (C=O) groups excluding carboxylic acids is 1. The molecule has 1 unspecified atom stereocenters. The maximum Gasteiger partial charge on any atom is 0.226 e. The SMILES string of the molecule is CCC(CN)C(=O)N(C)Cc1c(C)noc1C. The van der Waals surface area contributed by atoms with Crippen molar-refractivity contribution in [2.45, 2.75) is 33.7 Å². The van der Waals surface area contributed by atoms with Crippen LogP contribution in [0.3, 0.4) is 0 Å². The lowest BCUT2D eigenvalue weighted by Gasteiger charge is -2.21. The maximum atomic E-state index is 12.0. The first-order valence-electron chi connectivity index (χ1n) is 5.88. The van der Waals surface area contributed by atoms with Gasteiger partial charge in [-0.3, -0.25) is 4.79 Å². The first-order valence-corrected chi connectivity index (χ1v) is 5.88. The predicted molar refractivity (Wildman–Crippen MR) is 65.3 cm³/mol. The van der Waals surface area contributed by atoms with Gasteiger partial charge in [-0.2, -0.15) is 0 Å². The summed E-state index contributed by atoms with van der Waals surface area (Å²) >= 11 is 0. The number of aromatic nitrogens is 1. The van der Waals surface area contributed by atoms with E-state index in [-0.39, 0.29) is 11.8 Å². The van der Waals surface area contributed by atoms with Crippen molar-refractivity contribution in [3.8, 4) is 0 Å². The van der Waals surface area contributed by atoms with E-state index in [1.54, 1.807) is 11.9 Å². The van der Waals surface area contributed by atoms with Crippen LogP contribution in [0.5, 0.6) is 0 Å². The van der Waals surface area contributed by atoms with Crippen molar-refractivity contribution >= 4 is 5.91 Å². The van der Waals surface area contributed by atoms with Gasteiger partial charge in [0.05, 0.1) is 18.2 Å². The first kappa shape index (κ1) is 13.7. The minimum Gasteiger partial charge on any atom is -0.361 e. The highest BCUT2D eigenvalue weighted by Crippen LogP contribution is 2.16. The molecule has 0 aliphatic rings. The van der Waals surface area contributed by atoms with Gasteiger partial charge in [0.2, 0.25) is 5.91 Å². The molecule has 96 valence electrons. The molecule has 0 bridgehead atoms.